The molecule has 0 aliphatic rings. The van der Waals surface area contributed by atoms with Gasteiger partial charge in [0.1, 0.15) is 5.75 Å². The molecule has 0 fully saturated rings. The van der Waals surface area contributed by atoms with Crippen LogP contribution in [0.2, 0.25) is 0 Å². The van der Waals surface area contributed by atoms with Crippen molar-refractivity contribution in [1.82, 2.24) is 10.3 Å². The van der Waals surface area contributed by atoms with E-state index in [2.05, 4.69) is 15.6 Å². The van der Waals surface area contributed by atoms with Crippen LogP contribution in [0, 0.1) is 6.92 Å². The fourth-order valence-corrected chi connectivity index (χ4v) is 3.13. The van der Waals surface area contributed by atoms with Crippen LogP contribution in [-0.2, 0) is 4.79 Å². The summed E-state index contributed by atoms with van der Waals surface area (Å²) >= 11 is 1.53. The standard InChI is InChI=1S/C16H21N3O4S/c1-9-17-11-7-12(23-4)10(8-13(11)24-9)18-15(22)19-16(2,3)6-5-14(20)21/h7-8H,5-6H2,1-4H3,(H,20,21)(H2,18,19,22). The molecule has 0 radical (unpaired) electrons. The molecule has 7 nitrogen and oxygen atoms in total. The van der Waals surface area contributed by atoms with Gasteiger partial charge in [-0.25, -0.2) is 9.78 Å². The first kappa shape index (κ1) is 18.0. The number of nitrogens with one attached hydrogen (secondary N) is 2. The van der Waals surface area contributed by atoms with Crippen LogP contribution in [0.25, 0.3) is 10.2 Å². The third-order valence-electron chi connectivity index (χ3n) is 3.48. The van der Waals surface area contributed by atoms with Crippen molar-refractivity contribution in [1.29, 1.82) is 0 Å². The second-order valence-corrected chi connectivity index (χ2v) is 7.34. The lowest BCUT2D eigenvalue weighted by Gasteiger charge is -2.26. The van der Waals surface area contributed by atoms with Gasteiger partial charge in [-0.05, 0) is 33.3 Å². The maximum atomic E-state index is 12.2. The summed E-state index contributed by atoms with van der Waals surface area (Å²) in [5.74, 6) is -0.371. The van der Waals surface area contributed by atoms with Gasteiger partial charge in [0.25, 0.3) is 0 Å². The van der Waals surface area contributed by atoms with E-state index in [1.807, 2.05) is 13.0 Å². The Morgan fingerprint density at radius 2 is 2.08 bits per heavy atom. The third kappa shape index (κ3) is 4.58. The molecule has 3 N–H and O–H groups in total. The molecule has 0 unspecified atom stereocenters. The minimum atomic E-state index is -0.891. The van der Waals surface area contributed by atoms with E-state index < -0.39 is 17.5 Å². The predicted octanol–water partition coefficient (Wildman–Crippen LogP) is 3.38. The first-order chi connectivity index (χ1) is 11.2. The molecule has 0 spiro atoms. The fraction of sp³-hybridized carbons (Fsp3) is 0.438. The Labute approximate surface area is 144 Å². The van der Waals surface area contributed by atoms with Gasteiger partial charge in [0.15, 0.2) is 0 Å². The van der Waals surface area contributed by atoms with Gasteiger partial charge in [-0.3, -0.25) is 4.79 Å². The van der Waals surface area contributed by atoms with Gasteiger partial charge >= 0.3 is 12.0 Å². The van der Waals surface area contributed by atoms with Crippen molar-refractivity contribution in [2.24, 2.45) is 0 Å². The SMILES string of the molecule is COc1cc2nc(C)sc2cc1NC(=O)NC(C)(C)CCC(=O)O. The van der Waals surface area contributed by atoms with E-state index in [-0.39, 0.29) is 6.42 Å². The lowest BCUT2D eigenvalue weighted by molar-refractivity contribution is -0.137. The Bertz CT molecular complexity index is 770. The van der Waals surface area contributed by atoms with Gasteiger partial charge in [0.05, 0.1) is 28.0 Å². The number of hydrogen-bond donors (Lipinski definition) is 3. The van der Waals surface area contributed by atoms with Crippen molar-refractivity contribution < 1.29 is 19.4 Å². The van der Waals surface area contributed by atoms with Crippen LogP contribution in [0.5, 0.6) is 5.75 Å². The van der Waals surface area contributed by atoms with Gasteiger partial charge in [-0.1, -0.05) is 0 Å². The minimum absolute atomic E-state index is 0.0112. The zero-order chi connectivity index (χ0) is 17.9. The number of carboxylic acid groups (broad SMARTS) is 1. The number of rotatable bonds is 6. The molecule has 0 aliphatic carbocycles. The number of aryl methyl sites for hydroxylation is 1. The first-order valence-electron chi connectivity index (χ1n) is 7.46. The number of aromatic nitrogens is 1. The normalized spacial score (nSPS) is 11.3. The lowest BCUT2D eigenvalue weighted by atomic mass is 9.99. The van der Waals surface area contributed by atoms with E-state index in [1.54, 1.807) is 19.9 Å². The second kappa shape index (κ2) is 7.04. The number of nitrogens with zero attached hydrogens (tertiary/aromatic N) is 1. The molecule has 8 heteroatoms. The Morgan fingerprint density at radius 1 is 1.38 bits per heavy atom. The van der Waals surface area contributed by atoms with Crippen molar-refractivity contribution in [3.63, 3.8) is 0 Å². The smallest absolute Gasteiger partial charge is 0.319 e. The Kier molecular flexibility index (Phi) is 5.28. The number of fused-ring (bicyclic) bond motifs is 1. The second-order valence-electron chi connectivity index (χ2n) is 6.11. The van der Waals surface area contributed by atoms with Crippen molar-refractivity contribution in [2.75, 3.05) is 12.4 Å². The molecule has 0 aliphatic heterocycles. The number of aliphatic carboxylic acids is 1. The largest absolute Gasteiger partial charge is 0.494 e. The molecular formula is C16H21N3O4S. The van der Waals surface area contributed by atoms with E-state index in [1.165, 1.54) is 18.4 Å². The molecule has 2 rings (SSSR count). The summed E-state index contributed by atoms with van der Waals surface area (Å²) in [6, 6.07) is 3.19. The number of carbonyl (C=O) groups excluding carboxylic acids is 1. The molecule has 2 aromatic rings. The molecule has 1 aromatic carbocycles. The van der Waals surface area contributed by atoms with Crippen LogP contribution in [0.4, 0.5) is 10.5 Å². The molecule has 0 saturated carbocycles. The number of urea groups is 1. The maximum Gasteiger partial charge on any atom is 0.319 e. The summed E-state index contributed by atoms with van der Waals surface area (Å²) in [6.07, 6.45) is 0.322. The highest BCUT2D eigenvalue weighted by atomic mass is 32.1. The molecule has 130 valence electrons. The highest BCUT2D eigenvalue weighted by Crippen LogP contribution is 2.33. The van der Waals surface area contributed by atoms with E-state index in [9.17, 15) is 9.59 Å². The average molecular weight is 351 g/mol. The number of carboxylic acids is 1. The van der Waals surface area contributed by atoms with Crippen molar-refractivity contribution in [3.05, 3.63) is 17.1 Å². The number of benzene rings is 1. The Morgan fingerprint density at radius 3 is 2.71 bits per heavy atom. The zero-order valence-electron chi connectivity index (χ0n) is 14.1. The van der Waals surface area contributed by atoms with E-state index >= 15 is 0 Å². The Hall–Kier alpha value is -2.35. The van der Waals surface area contributed by atoms with Crippen LogP contribution >= 0.6 is 11.3 Å². The van der Waals surface area contributed by atoms with Crippen molar-refractivity contribution in [2.45, 2.75) is 39.2 Å². The van der Waals surface area contributed by atoms with E-state index in [0.29, 0.717) is 17.9 Å². The lowest BCUT2D eigenvalue weighted by Crippen LogP contribution is -2.45. The predicted molar refractivity (Wildman–Crippen MR) is 94.0 cm³/mol. The van der Waals surface area contributed by atoms with Crippen molar-refractivity contribution >= 4 is 39.2 Å². The van der Waals surface area contributed by atoms with Crippen LogP contribution in [0.15, 0.2) is 12.1 Å². The summed E-state index contributed by atoms with van der Waals surface area (Å²) in [6.45, 7) is 5.48. The van der Waals surface area contributed by atoms with Gasteiger partial charge in [0.2, 0.25) is 0 Å². The highest BCUT2D eigenvalue weighted by molar-refractivity contribution is 7.18. The number of amides is 2. The number of ether oxygens (including phenoxy) is 1. The summed E-state index contributed by atoms with van der Waals surface area (Å²) in [7, 11) is 1.53. The van der Waals surface area contributed by atoms with Crippen molar-refractivity contribution in [3.8, 4) is 5.75 Å². The van der Waals surface area contributed by atoms with Gasteiger partial charge < -0.3 is 20.5 Å². The minimum Gasteiger partial charge on any atom is -0.494 e. The molecular weight excluding hydrogens is 330 g/mol. The first-order valence-corrected chi connectivity index (χ1v) is 8.28. The van der Waals surface area contributed by atoms with Crippen LogP contribution in [0.1, 0.15) is 31.7 Å². The topological polar surface area (TPSA) is 101 Å². The van der Waals surface area contributed by atoms with Gasteiger partial charge in [-0.15, -0.1) is 11.3 Å². The molecule has 2 amide bonds. The van der Waals surface area contributed by atoms with Crippen LogP contribution in [-0.4, -0.2) is 34.7 Å². The highest BCUT2D eigenvalue weighted by Gasteiger charge is 2.22. The number of carbonyl (C=O) groups is 2. The number of thiazole rings is 1. The third-order valence-corrected chi connectivity index (χ3v) is 4.41. The van der Waals surface area contributed by atoms with Gasteiger partial charge in [-0.2, -0.15) is 0 Å². The van der Waals surface area contributed by atoms with Crippen LogP contribution < -0.4 is 15.4 Å². The quantitative estimate of drug-likeness (QED) is 0.741. The summed E-state index contributed by atoms with van der Waals surface area (Å²) in [5.41, 5.74) is 0.725. The molecule has 1 aromatic heterocycles. The number of methoxy groups -OCH3 is 1. The number of anilines is 1. The van der Waals surface area contributed by atoms with E-state index in [4.69, 9.17) is 9.84 Å². The molecule has 0 atom stereocenters. The average Bonchev–Trinajstić information content (AvgIpc) is 2.82. The molecule has 24 heavy (non-hydrogen) atoms. The summed E-state index contributed by atoms with van der Waals surface area (Å²) in [5, 5.41) is 15.2. The molecule has 0 saturated heterocycles. The van der Waals surface area contributed by atoms with Crippen LogP contribution in [0.3, 0.4) is 0 Å². The summed E-state index contributed by atoms with van der Waals surface area (Å²) in [4.78, 5) is 27.3. The molecule has 1 heterocycles. The van der Waals surface area contributed by atoms with E-state index in [0.717, 1.165) is 15.2 Å². The molecule has 0 bridgehead atoms. The summed E-state index contributed by atoms with van der Waals surface area (Å²) < 4.78 is 6.27. The maximum absolute atomic E-state index is 12.2. The Balaban J connectivity index is 2.13. The number of hydrogen-bond acceptors (Lipinski definition) is 5. The fourth-order valence-electron chi connectivity index (χ4n) is 2.28. The van der Waals surface area contributed by atoms with Gasteiger partial charge in [0, 0.05) is 18.0 Å². The monoisotopic (exact) mass is 351 g/mol. The zero-order valence-corrected chi connectivity index (χ0v) is 14.9.